The number of rotatable bonds is 2. The summed E-state index contributed by atoms with van der Waals surface area (Å²) >= 11 is 5.71. The Kier molecular flexibility index (Phi) is 2.29. The quantitative estimate of drug-likeness (QED) is 0.757. The molecule has 1 aromatic carbocycles. The first-order chi connectivity index (χ1) is 6.25. The van der Waals surface area contributed by atoms with Gasteiger partial charge in [-0.3, -0.25) is 0 Å². The van der Waals surface area contributed by atoms with Gasteiger partial charge in [-0.25, -0.2) is 0 Å². The Morgan fingerprint density at radius 2 is 2.23 bits per heavy atom. The fourth-order valence-corrected chi connectivity index (χ4v) is 1.27. The molecule has 0 amide bonds. The third-order valence-electron chi connectivity index (χ3n) is 1.97. The van der Waals surface area contributed by atoms with Crippen molar-refractivity contribution in [3.8, 4) is 11.5 Å². The summed E-state index contributed by atoms with van der Waals surface area (Å²) in [5.41, 5.74) is 0. The second-order valence-corrected chi connectivity index (χ2v) is 3.42. The molecule has 1 heterocycles. The number of hydrogen-bond acceptors (Lipinski definition) is 3. The van der Waals surface area contributed by atoms with Gasteiger partial charge in [0, 0.05) is 19.2 Å². The van der Waals surface area contributed by atoms with Gasteiger partial charge in [0.2, 0.25) is 0 Å². The van der Waals surface area contributed by atoms with E-state index < -0.39 is 0 Å². The number of phenolic OH excluding ortho intramolecular Hbond substituents is 1. The molecule has 1 aliphatic rings. The standard InChI is InChI=1S/C9H10ClNO2/c10-8-3-6(1-2-9(8)12)13-7-4-11-5-7/h1-3,7,11-12H,4-5H2. The third-order valence-corrected chi connectivity index (χ3v) is 2.27. The first-order valence-corrected chi connectivity index (χ1v) is 4.49. The van der Waals surface area contributed by atoms with Gasteiger partial charge >= 0.3 is 0 Å². The fraction of sp³-hybridized carbons (Fsp3) is 0.333. The molecule has 0 aromatic heterocycles. The van der Waals surface area contributed by atoms with Gasteiger partial charge in [-0.2, -0.15) is 0 Å². The molecular weight excluding hydrogens is 190 g/mol. The number of nitrogens with one attached hydrogen (secondary N) is 1. The molecule has 1 saturated heterocycles. The van der Waals surface area contributed by atoms with Gasteiger partial charge in [-0.1, -0.05) is 11.6 Å². The Bertz CT molecular complexity index is 312. The van der Waals surface area contributed by atoms with Crippen LogP contribution in [0.15, 0.2) is 18.2 Å². The van der Waals surface area contributed by atoms with Crippen LogP contribution >= 0.6 is 11.6 Å². The number of phenols is 1. The summed E-state index contributed by atoms with van der Waals surface area (Å²) < 4.78 is 5.53. The van der Waals surface area contributed by atoms with Crippen molar-refractivity contribution in [2.45, 2.75) is 6.10 Å². The van der Waals surface area contributed by atoms with E-state index in [-0.39, 0.29) is 11.9 Å². The van der Waals surface area contributed by atoms with Crippen molar-refractivity contribution in [3.63, 3.8) is 0 Å². The van der Waals surface area contributed by atoms with Gasteiger partial charge in [0.1, 0.15) is 17.6 Å². The van der Waals surface area contributed by atoms with Crippen molar-refractivity contribution in [2.75, 3.05) is 13.1 Å². The number of ether oxygens (including phenoxy) is 1. The summed E-state index contributed by atoms with van der Waals surface area (Å²) in [5.74, 6) is 0.787. The van der Waals surface area contributed by atoms with Crippen LogP contribution in [0.5, 0.6) is 11.5 Å². The lowest BCUT2D eigenvalue weighted by atomic mass is 10.2. The highest BCUT2D eigenvalue weighted by Gasteiger charge is 2.18. The van der Waals surface area contributed by atoms with Gasteiger partial charge in [0.15, 0.2) is 0 Å². The molecule has 13 heavy (non-hydrogen) atoms. The van der Waals surface area contributed by atoms with Crippen molar-refractivity contribution in [1.29, 1.82) is 0 Å². The van der Waals surface area contributed by atoms with Crippen LogP contribution in [0.1, 0.15) is 0 Å². The molecule has 1 aliphatic heterocycles. The molecule has 1 fully saturated rings. The smallest absolute Gasteiger partial charge is 0.134 e. The lowest BCUT2D eigenvalue weighted by molar-refractivity contribution is 0.142. The predicted molar refractivity (Wildman–Crippen MR) is 50.4 cm³/mol. The number of hydrogen-bond donors (Lipinski definition) is 2. The highest BCUT2D eigenvalue weighted by molar-refractivity contribution is 6.32. The summed E-state index contributed by atoms with van der Waals surface area (Å²) in [6, 6.07) is 4.86. The lowest BCUT2D eigenvalue weighted by Gasteiger charge is -2.27. The van der Waals surface area contributed by atoms with Crippen molar-refractivity contribution in [1.82, 2.24) is 5.32 Å². The zero-order valence-electron chi connectivity index (χ0n) is 6.96. The topological polar surface area (TPSA) is 41.5 Å². The molecule has 3 nitrogen and oxygen atoms in total. The van der Waals surface area contributed by atoms with Crippen molar-refractivity contribution >= 4 is 11.6 Å². The Balaban J connectivity index is 2.07. The van der Waals surface area contributed by atoms with E-state index in [0.717, 1.165) is 13.1 Å². The molecule has 1 aromatic rings. The molecule has 0 saturated carbocycles. The third kappa shape index (κ3) is 1.87. The van der Waals surface area contributed by atoms with E-state index in [1.54, 1.807) is 12.1 Å². The van der Waals surface area contributed by atoms with Gasteiger partial charge < -0.3 is 15.2 Å². The van der Waals surface area contributed by atoms with Crippen LogP contribution in [0.2, 0.25) is 5.02 Å². The highest BCUT2D eigenvalue weighted by Crippen LogP contribution is 2.28. The number of halogens is 1. The molecule has 0 spiro atoms. The lowest BCUT2D eigenvalue weighted by Crippen LogP contribution is -2.50. The minimum atomic E-state index is 0.0840. The van der Waals surface area contributed by atoms with Crippen LogP contribution < -0.4 is 10.1 Å². The average Bonchev–Trinajstić information content (AvgIpc) is 2.04. The van der Waals surface area contributed by atoms with E-state index in [1.807, 2.05) is 0 Å². The second-order valence-electron chi connectivity index (χ2n) is 3.01. The first-order valence-electron chi connectivity index (χ1n) is 4.11. The molecule has 0 radical (unpaired) electrons. The summed E-state index contributed by atoms with van der Waals surface area (Å²) in [7, 11) is 0. The Labute approximate surface area is 81.3 Å². The molecule has 0 atom stereocenters. The maximum atomic E-state index is 9.15. The van der Waals surface area contributed by atoms with Gasteiger partial charge in [-0.05, 0) is 12.1 Å². The predicted octanol–water partition coefficient (Wildman–Crippen LogP) is 1.40. The maximum Gasteiger partial charge on any atom is 0.134 e. The van der Waals surface area contributed by atoms with Crippen LogP contribution in [0.4, 0.5) is 0 Å². The zero-order chi connectivity index (χ0) is 9.26. The van der Waals surface area contributed by atoms with E-state index in [2.05, 4.69) is 5.32 Å². The van der Waals surface area contributed by atoms with E-state index >= 15 is 0 Å². The normalized spacial score (nSPS) is 16.7. The minimum Gasteiger partial charge on any atom is -0.506 e. The maximum absolute atomic E-state index is 9.15. The van der Waals surface area contributed by atoms with E-state index in [1.165, 1.54) is 6.07 Å². The molecule has 0 aliphatic carbocycles. The van der Waals surface area contributed by atoms with Crippen molar-refractivity contribution < 1.29 is 9.84 Å². The molecule has 70 valence electrons. The summed E-state index contributed by atoms with van der Waals surface area (Å²) in [5, 5.41) is 12.6. The zero-order valence-corrected chi connectivity index (χ0v) is 7.71. The fourth-order valence-electron chi connectivity index (χ4n) is 1.10. The SMILES string of the molecule is Oc1ccc(OC2CNC2)cc1Cl. The van der Waals surface area contributed by atoms with Crippen LogP contribution in [0.3, 0.4) is 0 Å². The molecule has 0 bridgehead atoms. The van der Waals surface area contributed by atoms with Crippen LogP contribution in [0.25, 0.3) is 0 Å². The summed E-state index contributed by atoms with van der Waals surface area (Å²) in [4.78, 5) is 0. The number of aromatic hydroxyl groups is 1. The van der Waals surface area contributed by atoms with Crippen LogP contribution in [0, 0.1) is 0 Å². The Hall–Kier alpha value is -0.930. The van der Waals surface area contributed by atoms with Crippen LogP contribution in [-0.4, -0.2) is 24.3 Å². The Morgan fingerprint density at radius 3 is 2.77 bits per heavy atom. The van der Waals surface area contributed by atoms with E-state index in [4.69, 9.17) is 21.4 Å². The van der Waals surface area contributed by atoms with Gasteiger partial charge in [-0.15, -0.1) is 0 Å². The van der Waals surface area contributed by atoms with Crippen molar-refractivity contribution in [3.05, 3.63) is 23.2 Å². The minimum absolute atomic E-state index is 0.0840. The van der Waals surface area contributed by atoms with Gasteiger partial charge in [0.05, 0.1) is 5.02 Å². The van der Waals surface area contributed by atoms with Crippen molar-refractivity contribution in [2.24, 2.45) is 0 Å². The van der Waals surface area contributed by atoms with Gasteiger partial charge in [0.25, 0.3) is 0 Å². The van der Waals surface area contributed by atoms with Crippen LogP contribution in [-0.2, 0) is 0 Å². The average molecular weight is 200 g/mol. The number of benzene rings is 1. The molecule has 2 N–H and O–H groups in total. The highest BCUT2D eigenvalue weighted by atomic mass is 35.5. The summed E-state index contributed by atoms with van der Waals surface area (Å²) in [6.45, 7) is 1.75. The first kappa shape index (κ1) is 8.66. The van der Waals surface area contributed by atoms with E-state index in [9.17, 15) is 0 Å². The van der Waals surface area contributed by atoms with E-state index in [0.29, 0.717) is 10.8 Å². The molecule has 0 unspecified atom stereocenters. The second kappa shape index (κ2) is 3.44. The molecule has 2 rings (SSSR count). The monoisotopic (exact) mass is 199 g/mol. The summed E-state index contributed by atoms with van der Waals surface area (Å²) in [6.07, 6.45) is 0.237. The Morgan fingerprint density at radius 1 is 1.46 bits per heavy atom. The molecular formula is C9H10ClNO2. The largest absolute Gasteiger partial charge is 0.506 e. The molecule has 4 heteroatoms.